The van der Waals surface area contributed by atoms with Gasteiger partial charge in [-0.2, -0.15) is 5.10 Å². The quantitative estimate of drug-likeness (QED) is 0.688. The summed E-state index contributed by atoms with van der Waals surface area (Å²) in [6.45, 7) is 19.8. The van der Waals surface area contributed by atoms with Crippen molar-refractivity contribution in [1.82, 2.24) is 19.7 Å². The number of hydrogen-bond donors (Lipinski definition) is 0. The molecule has 1 saturated heterocycles. The highest BCUT2D eigenvalue weighted by Crippen LogP contribution is 2.07. The number of nitrogens with zero attached hydrogens (tertiary/aromatic N) is 4. The van der Waals surface area contributed by atoms with E-state index in [1.54, 1.807) is 11.0 Å². The molecule has 0 unspecified atom stereocenters. The van der Waals surface area contributed by atoms with E-state index in [1.165, 1.54) is 6.33 Å². The Morgan fingerprint density at radius 1 is 0.923 bits per heavy atom. The topological polar surface area (TPSA) is 61.6 Å². The van der Waals surface area contributed by atoms with E-state index in [1.807, 2.05) is 20.8 Å². The Balaban J connectivity index is 0.000000263. The third-order valence-corrected chi connectivity index (χ3v) is 3.58. The lowest BCUT2D eigenvalue weighted by Gasteiger charge is -2.27. The average molecular weight is 371 g/mol. The van der Waals surface area contributed by atoms with E-state index in [0.29, 0.717) is 6.61 Å². The van der Waals surface area contributed by atoms with Crippen LogP contribution in [0.1, 0.15) is 48.0 Å². The summed E-state index contributed by atoms with van der Waals surface area (Å²) < 4.78 is 18.2. The predicted octanol–water partition coefficient (Wildman–Crippen LogP) is 2.62. The Morgan fingerprint density at radius 3 is 2.08 bits per heavy atom. The third kappa shape index (κ3) is 13.2. The van der Waals surface area contributed by atoms with Crippen LogP contribution in [0, 0.1) is 0 Å². The minimum atomic E-state index is -0.0689. The molecule has 152 valence electrons. The molecule has 0 bridgehead atoms. The molecule has 0 spiro atoms. The molecule has 1 aromatic rings. The van der Waals surface area contributed by atoms with E-state index in [-0.39, 0.29) is 11.2 Å². The smallest absolute Gasteiger partial charge is 0.137 e. The summed E-state index contributed by atoms with van der Waals surface area (Å²) in [5.74, 6) is 0. The molecule has 0 amide bonds. The van der Waals surface area contributed by atoms with E-state index in [0.717, 1.165) is 52.4 Å². The fraction of sp³-hybridized carbons (Fsp3) is 0.895. The molecule has 0 aromatic carbocycles. The van der Waals surface area contributed by atoms with Crippen molar-refractivity contribution < 1.29 is 14.2 Å². The zero-order valence-corrected chi connectivity index (χ0v) is 17.5. The summed E-state index contributed by atoms with van der Waals surface area (Å²) in [5.41, 5.74) is -0.0639. The highest BCUT2D eigenvalue weighted by molar-refractivity contribution is 4.63. The number of aromatic nitrogens is 3. The molecule has 1 aliphatic heterocycles. The van der Waals surface area contributed by atoms with Gasteiger partial charge in [0.2, 0.25) is 0 Å². The van der Waals surface area contributed by atoms with Crippen LogP contribution < -0.4 is 0 Å². The minimum absolute atomic E-state index is 0.00497. The summed E-state index contributed by atoms with van der Waals surface area (Å²) in [7, 11) is 0. The first-order valence-corrected chi connectivity index (χ1v) is 9.56. The molecule has 7 nitrogen and oxygen atoms in total. The predicted molar refractivity (Wildman–Crippen MR) is 103 cm³/mol. The zero-order valence-electron chi connectivity index (χ0n) is 17.5. The van der Waals surface area contributed by atoms with Crippen LogP contribution in [0.15, 0.2) is 12.7 Å². The van der Waals surface area contributed by atoms with Gasteiger partial charge < -0.3 is 14.2 Å². The fourth-order valence-electron chi connectivity index (χ4n) is 2.28. The van der Waals surface area contributed by atoms with Gasteiger partial charge in [0.25, 0.3) is 0 Å². The summed E-state index contributed by atoms with van der Waals surface area (Å²) in [4.78, 5) is 6.27. The second kappa shape index (κ2) is 11.6. The molecule has 2 rings (SSSR count). The van der Waals surface area contributed by atoms with Gasteiger partial charge in [-0.1, -0.05) is 0 Å². The minimum Gasteiger partial charge on any atom is -0.379 e. The van der Waals surface area contributed by atoms with Crippen LogP contribution in [-0.4, -0.2) is 76.9 Å². The van der Waals surface area contributed by atoms with E-state index in [2.05, 4.69) is 35.8 Å². The van der Waals surface area contributed by atoms with Crippen molar-refractivity contribution in [1.29, 1.82) is 0 Å². The summed E-state index contributed by atoms with van der Waals surface area (Å²) >= 11 is 0. The highest BCUT2D eigenvalue weighted by atomic mass is 16.5. The van der Waals surface area contributed by atoms with Crippen molar-refractivity contribution in [3.8, 4) is 0 Å². The van der Waals surface area contributed by atoms with Crippen molar-refractivity contribution in [2.75, 3.05) is 46.1 Å². The molecule has 2 heterocycles. The second-order valence-corrected chi connectivity index (χ2v) is 8.39. The molecule has 1 aromatic heterocycles. The van der Waals surface area contributed by atoms with Gasteiger partial charge in [0.1, 0.15) is 12.7 Å². The Hall–Kier alpha value is -1.02. The van der Waals surface area contributed by atoms with Crippen LogP contribution in [-0.2, 0) is 20.8 Å². The highest BCUT2D eigenvalue weighted by Gasteiger charge is 2.12. The van der Waals surface area contributed by atoms with Crippen LogP contribution >= 0.6 is 0 Å². The lowest BCUT2D eigenvalue weighted by atomic mass is 10.2. The van der Waals surface area contributed by atoms with Crippen molar-refractivity contribution in [3.63, 3.8) is 0 Å². The van der Waals surface area contributed by atoms with E-state index in [9.17, 15) is 0 Å². The molecule has 1 fully saturated rings. The molecule has 0 atom stereocenters. The lowest BCUT2D eigenvalue weighted by Crippen LogP contribution is -2.37. The van der Waals surface area contributed by atoms with Gasteiger partial charge in [-0.05, 0) is 48.0 Å². The van der Waals surface area contributed by atoms with Gasteiger partial charge in [-0.15, -0.1) is 0 Å². The lowest BCUT2D eigenvalue weighted by molar-refractivity contribution is -0.0130. The van der Waals surface area contributed by atoms with Gasteiger partial charge in [-0.25, -0.2) is 4.98 Å². The van der Waals surface area contributed by atoms with E-state index >= 15 is 0 Å². The molecular weight excluding hydrogens is 332 g/mol. The van der Waals surface area contributed by atoms with Crippen LogP contribution in [0.5, 0.6) is 0 Å². The molecule has 1 aliphatic rings. The van der Waals surface area contributed by atoms with Gasteiger partial charge in [0.15, 0.2) is 0 Å². The molecule has 0 N–H and O–H groups in total. The summed E-state index contributed by atoms with van der Waals surface area (Å²) in [6.07, 6.45) is 4.33. The summed E-state index contributed by atoms with van der Waals surface area (Å²) in [5, 5.41) is 3.96. The largest absolute Gasteiger partial charge is 0.379 e. The normalized spacial score (nSPS) is 16.2. The molecule has 0 saturated carbocycles. The molecule has 0 radical (unpaired) electrons. The average Bonchev–Trinajstić information content (AvgIpc) is 3.05. The second-order valence-electron chi connectivity index (χ2n) is 8.39. The Morgan fingerprint density at radius 2 is 1.54 bits per heavy atom. The monoisotopic (exact) mass is 370 g/mol. The Labute approximate surface area is 159 Å². The Kier molecular flexibility index (Phi) is 10.3. The molecule has 0 aliphatic carbocycles. The van der Waals surface area contributed by atoms with Crippen molar-refractivity contribution in [2.45, 2.75) is 65.7 Å². The number of ether oxygens (including phenoxy) is 3. The van der Waals surface area contributed by atoms with Crippen LogP contribution in [0.25, 0.3) is 0 Å². The van der Waals surface area contributed by atoms with Crippen molar-refractivity contribution in [2.24, 2.45) is 0 Å². The first-order chi connectivity index (χ1) is 12.2. The van der Waals surface area contributed by atoms with Gasteiger partial charge in [0.05, 0.1) is 37.6 Å². The number of rotatable bonds is 7. The standard InChI is InChI=1S/C11H23NO2.C8H15N3O/c1-11(2,3)14-8-4-5-12-6-9-13-10-7-12;1-8(2,3)12-5-4-11-7-9-6-10-11/h4-10H2,1-3H3;6-7H,4-5H2,1-3H3. The van der Waals surface area contributed by atoms with Crippen LogP contribution in [0.3, 0.4) is 0 Å². The van der Waals surface area contributed by atoms with E-state index < -0.39 is 0 Å². The maximum absolute atomic E-state index is 5.66. The molecule has 26 heavy (non-hydrogen) atoms. The number of morpholine rings is 1. The third-order valence-electron chi connectivity index (χ3n) is 3.58. The first kappa shape index (κ1) is 23.0. The van der Waals surface area contributed by atoms with E-state index in [4.69, 9.17) is 14.2 Å². The molecule has 7 heteroatoms. The molecular formula is C19H38N4O3. The van der Waals surface area contributed by atoms with Crippen molar-refractivity contribution >= 4 is 0 Å². The maximum Gasteiger partial charge on any atom is 0.137 e. The van der Waals surface area contributed by atoms with Gasteiger partial charge in [-0.3, -0.25) is 9.58 Å². The van der Waals surface area contributed by atoms with Crippen LogP contribution in [0.4, 0.5) is 0 Å². The Bertz CT molecular complexity index is 446. The van der Waals surface area contributed by atoms with Gasteiger partial charge >= 0.3 is 0 Å². The fourth-order valence-corrected chi connectivity index (χ4v) is 2.28. The van der Waals surface area contributed by atoms with Crippen LogP contribution in [0.2, 0.25) is 0 Å². The first-order valence-electron chi connectivity index (χ1n) is 9.56. The zero-order chi connectivity index (χ0) is 19.5. The SMILES string of the molecule is CC(C)(C)OCCCN1CCOCC1.CC(C)(C)OCCn1cncn1. The van der Waals surface area contributed by atoms with Gasteiger partial charge in [0, 0.05) is 26.2 Å². The number of hydrogen-bond acceptors (Lipinski definition) is 6. The summed E-state index contributed by atoms with van der Waals surface area (Å²) in [6, 6.07) is 0. The van der Waals surface area contributed by atoms with Crippen molar-refractivity contribution in [3.05, 3.63) is 12.7 Å². The maximum atomic E-state index is 5.66.